The van der Waals surface area contributed by atoms with Gasteiger partial charge in [0.2, 0.25) is 15.9 Å². The number of aryl methyl sites for hydroxylation is 1. The largest absolute Gasteiger partial charge is 0.496 e. The number of rotatable bonds is 8. The number of benzene rings is 2. The van der Waals surface area contributed by atoms with Crippen molar-refractivity contribution >= 4 is 21.6 Å². The van der Waals surface area contributed by atoms with E-state index in [0.29, 0.717) is 30.4 Å². The Bertz CT molecular complexity index is 1130. The van der Waals surface area contributed by atoms with Crippen molar-refractivity contribution in [3.8, 4) is 17.2 Å². The van der Waals surface area contributed by atoms with Crippen LogP contribution < -0.4 is 23.8 Å². The third-order valence-electron chi connectivity index (χ3n) is 5.59. The number of fused-ring (bicyclic) bond motifs is 1. The molecule has 1 aliphatic rings. The molecule has 0 radical (unpaired) electrons. The minimum Gasteiger partial charge on any atom is -0.496 e. The highest BCUT2D eigenvalue weighted by molar-refractivity contribution is 7.92. The van der Waals surface area contributed by atoms with E-state index in [2.05, 4.69) is 19.2 Å². The van der Waals surface area contributed by atoms with E-state index in [-0.39, 0.29) is 18.5 Å². The number of ether oxygens (including phenoxy) is 3. The van der Waals surface area contributed by atoms with Gasteiger partial charge in [-0.25, -0.2) is 8.42 Å². The summed E-state index contributed by atoms with van der Waals surface area (Å²) >= 11 is 0. The van der Waals surface area contributed by atoms with E-state index >= 15 is 0 Å². The quantitative estimate of drug-likeness (QED) is 0.626. The number of sulfonamides is 1. The van der Waals surface area contributed by atoms with Gasteiger partial charge in [0.15, 0.2) is 11.5 Å². The zero-order chi connectivity index (χ0) is 24.3. The number of carbonyl (C=O) groups is 1. The van der Waals surface area contributed by atoms with Gasteiger partial charge in [-0.15, -0.1) is 0 Å². The summed E-state index contributed by atoms with van der Waals surface area (Å²) in [5, 5.41) is 2.93. The minimum absolute atomic E-state index is 0.248. The first kappa shape index (κ1) is 24.7. The lowest BCUT2D eigenvalue weighted by Crippen LogP contribution is -2.41. The Balaban J connectivity index is 1.81. The van der Waals surface area contributed by atoms with Gasteiger partial charge < -0.3 is 19.5 Å². The molecule has 1 heterocycles. The molecule has 9 heteroatoms. The third kappa shape index (κ3) is 5.71. The molecule has 0 spiro atoms. The molecule has 0 saturated carbocycles. The van der Waals surface area contributed by atoms with Crippen molar-refractivity contribution < 1.29 is 27.4 Å². The molecular weight excluding hydrogens is 444 g/mol. The van der Waals surface area contributed by atoms with Gasteiger partial charge in [0.05, 0.1) is 25.1 Å². The molecule has 1 amide bonds. The molecule has 0 saturated heterocycles. The Hall–Kier alpha value is -2.94. The molecule has 2 aromatic carbocycles. The fourth-order valence-electron chi connectivity index (χ4n) is 3.89. The Kier molecular flexibility index (Phi) is 7.41. The van der Waals surface area contributed by atoms with E-state index in [9.17, 15) is 13.2 Å². The summed E-state index contributed by atoms with van der Waals surface area (Å²) in [5.41, 5.74) is 3.33. The van der Waals surface area contributed by atoms with E-state index in [1.54, 1.807) is 25.3 Å². The SMILES string of the molecule is COc1cc(C)c(C(C)NC(=O)CN(c2ccc3c(c2)OCCO3)S(C)(=O)=O)cc1C(C)C. The van der Waals surface area contributed by atoms with Crippen molar-refractivity contribution in [3.63, 3.8) is 0 Å². The third-order valence-corrected chi connectivity index (χ3v) is 6.73. The van der Waals surface area contributed by atoms with E-state index in [1.165, 1.54) is 0 Å². The van der Waals surface area contributed by atoms with Crippen LogP contribution in [0.15, 0.2) is 30.3 Å². The summed E-state index contributed by atoms with van der Waals surface area (Å²) in [4.78, 5) is 12.9. The van der Waals surface area contributed by atoms with Gasteiger partial charge in [-0.2, -0.15) is 0 Å². The second kappa shape index (κ2) is 9.91. The molecule has 2 aromatic rings. The molecule has 1 atom stereocenters. The van der Waals surface area contributed by atoms with Crippen LogP contribution in [0.4, 0.5) is 5.69 Å². The predicted octanol–water partition coefficient (Wildman–Crippen LogP) is 3.54. The molecule has 33 heavy (non-hydrogen) atoms. The summed E-state index contributed by atoms with van der Waals surface area (Å²) in [6.45, 7) is 8.47. The first-order valence-electron chi connectivity index (χ1n) is 10.9. The summed E-state index contributed by atoms with van der Waals surface area (Å²) < 4.78 is 42.6. The van der Waals surface area contributed by atoms with Crippen LogP contribution in [0.3, 0.4) is 0 Å². The highest BCUT2D eigenvalue weighted by atomic mass is 32.2. The molecule has 8 nitrogen and oxygen atoms in total. The van der Waals surface area contributed by atoms with Gasteiger partial charge in [0.1, 0.15) is 25.5 Å². The molecule has 180 valence electrons. The maximum Gasteiger partial charge on any atom is 0.241 e. The highest BCUT2D eigenvalue weighted by Gasteiger charge is 2.25. The van der Waals surface area contributed by atoms with Crippen LogP contribution in [-0.4, -0.2) is 47.4 Å². The second-order valence-electron chi connectivity index (χ2n) is 8.49. The Labute approximate surface area is 195 Å². The minimum atomic E-state index is -3.72. The van der Waals surface area contributed by atoms with Crippen LogP contribution in [0.2, 0.25) is 0 Å². The summed E-state index contributed by atoms with van der Waals surface area (Å²) in [5.74, 6) is 1.65. The number of hydrogen-bond donors (Lipinski definition) is 1. The molecular formula is C24H32N2O6S. The second-order valence-corrected chi connectivity index (χ2v) is 10.4. The number of methoxy groups -OCH3 is 1. The number of anilines is 1. The van der Waals surface area contributed by atoms with Crippen LogP contribution >= 0.6 is 0 Å². The number of hydrogen-bond acceptors (Lipinski definition) is 6. The average molecular weight is 477 g/mol. The Morgan fingerprint density at radius 1 is 1.09 bits per heavy atom. The van der Waals surface area contributed by atoms with Gasteiger partial charge in [-0.05, 0) is 60.7 Å². The van der Waals surface area contributed by atoms with E-state index in [0.717, 1.165) is 33.0 Å². The number of carbonyl (C=O) groups excluding carboxylic acids is 1. The molecule has 0 aliphatic carbocycles. The fraction of sp³-hybridized carbons (Fsp3) is 0.458. The first-order valence-corrected chi connectivity index (χ1v) is 12.7. The van der Waals surface area contributed by atoms with Crippen molar-refractivity contribution in [3.05, 3.63) is 47.0 Å². The molecule has 0 bridgehead atoms. The maximum atomic E-state index is 12.9. The molecule has 0 fully saturated rings. The summed E-state index contributed by atoms with van der Waals surface area (Å²) in [6, 6.07) is 8.52. The lowest BCUT2D eigenvalue weighted by Gasteiger charge is -2.26. The van der Waals surface area contributed by atoms with Gasteiger partial charge >= 0.3 is 0 Å². The van der Waals surface area contributed by atoms with Crippen molar-refractivity contribution in [2.24, 2.45) is 0 Å². The Morgan fingerprint density at radius 2 is 1.76 bits per heavy atom. The molecule has 1 unspecified atom stereocenters. The van der Waals surface area contributed by atoms with Crippen LogP contribution in [0, 0.1) is 6.92 Å². The Morgan fingerprint density at radius 3 is 2.36 bits per heavy atom. The standard InChI is InChI=1S/C24H32N2O6S/c1-15(2)19-13-20(16(3)11-22(19)30-5)17(4)25-24(27)14-26(33(6,28)29)18-7-8-21-23(12-18)32-10-9-31-21/h7-8,11-13,15,17H,9-10,14H2,1-6H3,(H,25,27). The van der Waals surface area contributed by atoms with Crippen molar-refractivity contribution in [1.82, 2.24) is 5.32 Å². The van der Waals surface area contributed by atoms with Crippen LogP contribution in [0.1, 0.15) is 49.4 Å². The topological polar surface area (TPSA) is 94.2 Å². The maximum absolute atomic E-state index is 12.9. The van der Waals surface area contributed by atoms with Crippen molar-refractivity contribution in [1.29, 1.82) is 0 Å². The van der Waals surface area contributed by atoms with Gasteiger partial charge in [0, 0.05) is 6.07 Å². The highest BCUT2D eigenvalue weighted by Crippen LogP contribution is 2.35. The van der Waals surface area contributed by atoms with Gasteiger partial charge in [-0.1, -0.05) is 13.8 Å². The summed E-state index contributed by atoms with van der Waals surface area (Å²) in [6.07, 6.45) is 1.07. The number of nitrogens with zero attached hydrogens (tertiary/aromatic N) is 1. The zero-order valence-electron chi connectivity index (χ0n) is 20.0. The number of amides is 1. The molecule has 3 rings (SSSR count). The molecule has 1 N–H and O–H groups in total. The van der Waals surface area contributed by atoms with Crippen molar-refractivity contribution in [2.75, 3.05) is 37.4 Å². The van der Waals surface area contributed by atoms with Gasteiger partial charge in [-0.3, -0.25) is 9.10 Å². The number of nitrogens with one attached hydrogen (secondary N) is 1. The van der Waals surface area contributed by atoms with Gasteiger partial charge in [0.25, 0.3) is 0 Å². The summed E-state index contributed by atoms with van der Waals surface area (Å²) in [7, 11) is -2.07. The normalized spacial score (nSPS) is 14.0. The predicted molar refractivity (Wildman–Crippen MR) is 128 cm³/mol. The molecule has 0 aromatic heterocycles. The lowest BCUT2D eigenvalue weighted by atomic mass is 9.93. The van der Waals surface area contributed by atoms with Crippen molar-refractivity contribution in [2.45, 2.75) is 39.7 Å². The first-order chi connectivity index (χ1) is 15.5. The van der Waals surface area contributed by atoms with E-state index < -0.39 is 15.9 Å². The van der Waals surface area contributed by atoms with Crippen LogP contribution in [0.5, 0.6) is 17.2 Å². The lowest BCUT2D eigenvalue weighted by molar-refractivity contribution is -0.120. The zero-order valence-corrected chi connectivity index (χ0v) is 20.8. The van der Waals surface area contributed by atoms with E-state index in [1.807, 2.05) is 26.0 Å². The smallest absolute Gasteiger partial charge is 0.241 e. The average Bonchev–Trinajstić information content (AvgIpc) is 2.75. The fourth-order valence-corrected chi connectivity index (χ4v) is 4.74. The monoisotopic (exact) mass is 476 g/mol. The van der Waals surface area contributed by atoms with Crippen LogP contribution in [0.25, 0.3) is 0 Å². The molecule has 1 aliphatic heterocycles. The van der Waals surface area contributed by atoms with Crippen LogP contribution in [-0.2, 0) is 14.8 Å². The van der Waals surface area contributed by atoms with E-state index in [4.69, 9.17) is 14.2 Å².